The summed E-state index contributed by atoms with van der Waals surface area (Å²) in [5, 5.41) is 15.5. The van der Waals surface area contributed by atoms with Crippen molar-refractivity contribution < 1.29 is 0 Å². The van der Waals surface area contributed by atoms with Gasteiger partial charge in [0.15, 0.2) is 5.82 Å². The Morgan fingerprint density at radius 3 is 2.76 bits per heavy atom. The van der Waals surface area contributed by atoms with Gasteiger partial charge in [0.2, 0.25) is 5.95 Å². The molecular formula is C17H16Cl2N6. The maximum Gasteiger partial charge on any atom is 0.244 e. The van der Waals surface area contributed by atoms with Crippen molar-refractivity contribution in [2.24, 2.45) is 0 Å². The van der Waals surface area contributed by atoms with Crippen LogP contribution in [0.3, 0.4) is 0 Å². The van der Waals surface area contributed by atoms with Crippen LogP contribution in [0, 0.1) is 0 Å². The van der Waals surface area contributed by atoms with Gasteiger partial charge in [0.05, 0.1) is 18.4 Å². The van der Waals surface area contributed by atoms with Crippen molar-refractivity contribution >= 4 is 35.0 Å². The molecule has 0 aliphatic heterocycles. The van der Waals surface area contributed by atoms with Crippen LogP contribution in [0.15, 0.2) is 48.8 Å². The molecule has 0 atom stereocenters. The lowest BCUT2D eigenvalue weighted by atomic mass is 10.1. The van der Waals surface area contributed by atoms with E-state index in [4.69, 9.17) is 23.2 Å². The number of rotatable bonds is 7. The number of nitrogens with zero attached hydrogens (tertiary/aromatic N) is 4. The van der Waals surface area contributed by atoms with Gasteiger partial charge in [-0.15, -0.1) is 5.10 Å². The van der Waals surface area contributed by atoms with Crippen molar-refractivity contribution in [3.05, 3.63) is 70.1 Å². The Morgan fingerprint density at radius 2 is 1.96 bits per heavy atom. The van der Waals surface area contributed by atoms with Crippen LogP contribution in [0.2, 0.25) is 10.0 Å². The predicted molar refractivity (Wildman–Crippen MR) is 100 cm³/mol. The van der Waals surface area contributed by atoms with Gasteiger partial charge in [-0.05, 0) is 36.2 Å². The van der Waals surface area contributed by atoms with E-state index in [0.29, 0.717) is 34.9 Å². The van der Waals surface area contributed by atoms with E-state index in [1.165, 1.54) is 0 Å². The normalized spacial score (nSPS) is 10.5. The van der Waals surface area contributed by atoms with E-state index in [1.807, 2.05) is 30.3 Å². The fourth-order valence-corrected chi connectivity index (χ4v) is 2.68. The van der Waals surface area contributed by atoms with Crippen LogP contribution in [0.5, 0.6) is 0 Å². The second kappa shape index (κ2) is 8.60. The fourth-order valence-electron chi connectivity index (χ4n) is 2.18. The van der Waals surface area contributed by atoms with Gasteiger partial charge in [-0.25, -0.2) is 0 Å². The Balaban J connectivity index is 1.53. The highest BCUT2D eigenvalue weighted by molar-refractivity contribution is 6.35. The van der Waals surface area contributed by atoms with Gasteiger partial charge in [-0.1, -0.05) is 35.3 Å². The van der Waals surface area contributed by atoms with E-state index in [2.05, 4.69) is 30.8 Å². The summed E-state index contributed by atoms with van der Waals surface area (Å²) in [7, 11) is 0. The predicted octanol–water partition coefficient (Wildman–Crippen LogP) is 3.84. The summed E-state index contributed by atoms with van der Waals surface area (Å²) < 4.78 is 0. The van der Waals surface area contributed by atoms with Crippen LogP contribution < -0.4 is 10.6 Å². The third-order valence-electron chi connectivity index (χ3n) is 3.43. The Bertz CT molecular complexity index is 828. The summed E-state index contributed by atoms with van der Waals surface area (Å²) in [6, 6.07) is 11.2. The molecule has 0 aliphatic carbocycles. The van der Waals surface area contributed by atoms with Crippen LogP contribution in [-0.4, -0.2) is 26.7 Å². The lowest BCUT2D eigenvalue weighted by molar-refractivity contribution is 0.917. The monoisotopic (exact) mass is 374 g/mol. The molecule has 2 N–H and O–H groups in total. The lowest BCUT2D eigenvalue weighted by Gasteiger charge is -2.08. The minimum absolute atomic E-state index is 0.455. The van der Waals surface area contributed by atoms with E-state index in [-0.39, 0.29) is 0 Å². The number of anilines is 2. The molecular weight excluding hydrogens is 359 g/mol. The largest absolute Gasteiger partial charge is 0.363 e. The molecule has 0 saturated heterocycles. The lowest BCUT2D eigenvalue weighted by Crippen LogP contribution is -2.11. The highest BCUT2D eigenvalue weighted by Crippen LogP contribution is 2.21. The van der Waals surface area contributed by atoms with Crippen molar-refractivity contribution in [1.82, 2.24) is 20.2 Å². The number of halogens is 2. The van der Waals surface area contributed by atoms with E-state index in [1.54, 1.807) is 18.5 Å². The summed E-state index contributed by atoms with van der Waals surface area (Å²) >= 11 is 12.1. The van der Waals surface area contributed by atoms with Gasteiger partial charge in [0, 0.05) is 22.8 Å². The molecule has 128 valence electrons. The zero-order valence-corrected chi connectivity index (χ0v) is 14.8. The van der Waals surface area contributed by atoms with Crippen molar-refractivity contribution in [3.63, 3.8) is 0 Å². The SMILES string of the molecule is Clc1ccc(CCNc2nncc(NCc3ccccn3)n2)c(Cl)c1. The second-order valence-electron chi connectivity index (χ2n) is 5.25. The van der Waals surface area contributed by atoms with Gasteiger partial charge in [-0.2, -0.15) is 10.1 Å². The summed E-state index contributed by atoms with van der Waals surface area (Å²) in [4.78, 5) is 8.63. The molecule has 0 amide bonds. The molecule has 8 heteroatoms. The number of benzene rings is 1. The molecule has 6 nitrogen and oxygen atoms in total. The first-order chi connectivity index (χ1) is 12.2. The van der Waals surface area contributed by atoms with E-state index < -0.39 is 0 Å². The number of nitrogens with one attached hydrogen (secondary N) is 2. The first kappa shape index (κ1) is 17.4. The average molecular weight is 375 g/mol. The summed E-state index contributed by atoms with van der Waals surface area (Å²) in [5.41, 5.74) is 1.93. The van der Waals surface area contributed by atoms with Crippen LogP contribution in [0.4, 0.5) is 11.8 Å². The zero-order chi connectivity index (χ0) is 17.5. The van der Waals surface area contributed by atoms with Crippen LogP contribution in [0.25, 0.3) is 0 Å². The molecule has 0 aliphatic rings. The summed E-state index contributed by atoms with van der Waals surface area (Å²) in [5.74, 6) is 1.09. The summed E-state index contributed by atoms with van der Waals surface area (Å²) in [6.07, 6.45) is 4.05. The first-order valence-corrected chi connectivity index (χ1v) is 8.47. The maximum absolute atomic E-state index is 6.16. The number of pyridine rings is 1. The Morgan fingerprint density at radius 1 is 1.04 bits per heavy atom. The van der Waals surface area contributed by atoms with Crippen molar-refractivity contribution in [1.29, 1.82) is 0 Å². The zero-order valence-electron chi connectivity index (χ0n) is 13.3. The second-order valence-corrected chi connectivity index (χ2v) is 6.10. The minimum Gasteiger partial charge on any atom is -0.363 e. The molecule has 0 fully saturated rings. The standard InChI is InChI=1S/C17H16Cl2N6/c18-13-5-4-12(15(19)9-13)6-8-21-17-24-16(11-23-25-17)22-10-14-3-1-2-7-20-14/h1-5,7,9,11H,6,8,10H2,(H2,21,22,24,25). The first-order valence-electron chi connectivity index (χ1n) is 7.72. The molecule has 0 unspecified atom stereocenters. The average Bonchev–Trinajstić information content (AvgIpc) is 2.63. The van der Waals surface area contributed by atoms with Crippen molar-refractivity contribution in [2.45, 2.75) is 13.0 Å². The smallest absolute Gasteiger partial charge is 0.244 e. The molecule has 0 saturated carbocycles. The molecule has 2 aromatic heterocycles. The highest BCUT2D eigenvalue weighted by Gasteiger charge is 2.04. The Labute approximate surface area is 155 Å². The molecule has 3 aromatic rings. The Hall–Kier alpha value is -2.44. The van der Waals surface area contributed by atoms with Crippen molar-refractivity contribution in [3.8, 4) is 0 Å². The van der Waals surface area contributed by atoms with E-state index in [0.717, 1.165) is 17.7 Å². The summed E-state index contributed by atoms with van der Waals surface area (Å²) in [6.45, 7) is 1.20. The third-order valence-corrected chi connectivity index (χ3v) is 4.02. The van der Waals surface area contributed by atoms with Gasteiger partial charge < -0.3 is 10.6 Å². The Kier molecular flexibility index (Phi) is 5.98. The molecule has 0 radical (unpaired) electrons. The molecule has 25 heavy (non-hydrogen) atoms. The number of aromatic nitrogens is 4. The van der Waals surface area contributed by atoms with E-state index >= 15 is 0 Å². The van der Waals surface area contributed by atoms with Gasteiger partial charge in [-0.3, -0.25) is 4.98 Å². The number of hydrogen-bond donors (Lipinski definition) is 2. The van der Waals surface area contributed by atoms with E-state index in [9.17, 15) is 0 Å². The van der Waals surface area contributed by atoms with Gasteiger partial charge in [0.25, 0.3) is 0 Å². The molecule has 3 rings (SSSR count). The van der Waals surface area contributed by atoms with Gasteiger partial charge in [0.1, 0.15) is 0 Å². The molecule has 0 spiro atoms. The highest BCUT2D eigenvalue weighted by atomic mass is 35.5. The molecule has 2 heterocycles. The van der Waals surface area contributed by atoms with Crippen molar-refractivity contribution in [2.75, 3.05) is 17.2 Å². The maximum atomic E-state index is 6.16. The van der Waals surface area contributed by atoms with Crippen LogP contribution >= 0.6 is 23.2 Å². The third kappa shape index (κ3) is 5.27. The van der Waals surface area contributed by atoms with Gasteiger partial charge >= 0.3 is 0 Å². The quantitative estimate of drug-likeness (QED) is 0.654. The topological polar surface area (TPSA) is 75.6 Å². The number of hydrogen-bond acceptors (Lipinski definition) is 6. The molecule has 0 bridgehead atoms. The molecule has 1 aromatic carbocycles. The van der Waals surface area contributed by atoms with Crippen LogP contribution in [-0.2, 0) is 13.0 Å². The fraction of sp³-hybridized carbons (Fsp3) is 0.176. The van der Waals surface area contributed by atoms with Crippen LogP contribution in [0.1, 0.15) is 11.3 Å². The minimum atomic E-state index is 0.455.